The van der Waals surface area contributed by atoms with E-state index in [1.807, 2.05) is 24.3 Å². The van der Waals surface area contributed by atoms with Crippen molar-refractivity contribution in [2.24, 2.45) is 0 Å². The van der Waals surface area contributed by atoms with Gasteiger partial charge in [-0.25, -0.2) is 4.98 Å². The molecule has 4 rings (SSSR count). The first kappa shape index (κ1) is 12.4. The monoisotopic (exact) mass is 292 g/mol. The molecule has 4 aromatic rings. The Labute approximate surface area is 127 Å². The van der Waals surface area contributed by atoms with Gasteiger partial charge in [0.05, 0.1) is 11.0 Å². The third-order valence-corrected chi connectivity index (χ3v) is 3.94. The van der Waals surface area contributed by atoms with Crippen LogP contribution in [0.5, 0.6) is 0 Å². The summed E-state index contributed by atoms with van der Waals surface area (Å²) >= 11 is 5.92. The van der Waals surface area contributed by atoms with Crippen LogP contribution in [0.4, 0.5) is 0 Å². The normalized spacial score (nSPS) is 11.3. The number of hydrogen-bond acceptors (Lipinski definition) is 1. The molecule has 0 saturated carbocycles. The third-order valence-electron chi connectivity index (χ3n) is 3.68. The van der Waals surface area contributed by atoms with E-state index in [9.17, 15) is 0 Å². The minimum Gasteiger partial charge on any atom is -0.342 e. The lowest BCUT2D eigenvalue weighted by atomic mass is 10.1. The highest BCUT2D eigenvalue weighted by Crippen LogP contribution is 2.22. The Morgan fingerprint density at radius 1 is 0.905 bits per heavy atom. The fraction of sp³-hybridized carbons (Fsp3) is 0.0556. The summed E-state index contributed by atoms with van der Waals surface area (Å²) in [5, 5.41) is 3.20. The van der Waals surface area contributed by atoms with Gasteiger partial charge in [0, 0.05) is 11.4 Å². The van der Waals surface area contributed by atoms with Crippen LogP contribution in [0.3, 0.4) is 0 Å². The molecule has 0 amide bonds. The van der Waals surface area contributed by atoms with E-state index >= 15 is 0 Å². The van der Waals surface area contributed by atoms with Gasteiger partial charge < -0.3 is 4.98 Å². The summed E-state index contributed by atoms with van der Waals surface area (Å²) in [6, 6.07) is 20.5. The zero-order valence-electron chi connectivity index (χ0n) is 11.3. The van der Waals surface area contributed by atoms with Crippen LogP contribution in [-0.2, 0) is 6.42 Å². The molecule has 0 aliphatic heterocycles. The SMILES string of the molecule is Clc1ccc(Cc2nc3cc4ccccc4cc3[nH]2)cc1. The number of nitrogens with one attached hydrogen (secondary N) is 1. The summed E-state index contributed by atoms with van der Waals surface area (Å²) in [5.74, 6) is 0.975. The Kier molecular flexibility index (Phi) is 2.90. The molecule has 21 heavy (non-hydrogen) atoms. The van der Waals surface area contributed by atoms with Crippen molar-refractivity contribution in [3.63, 3.8) is 0 Å². The first-order valence-electron chi connectivity index (χ1n) is 6.90. The van der Waals surface area contributed by atoms with Gasteiger partial charge >= 0.3 is 0 Å². The summed E-state index contributed by atoms with van der Waals surface area (Å²) in [4.78, 5) is 8.10. The molecule has 0 saturated heterocycles. The summed E-state index contributed by atoms with van der Waals surface area (Å²) in [6.07, 6.45) is 0.780. The number of H-pyrrole nitrogens is 1. The Balaban J connectivity index is 1.76. The number of benzene rings is 3. The molecule has 102 valence electrons. The molecule has 2 nitrogen and oxygen atoms in total. The number of imidazole rings is 1. The van der Waals surface area contributed by atoms with E-state index in [4.69, 9.17) is 16.6 Å². The van der Waals surface area contributed by atoms with Crippen molar-refractivity contribution < 1.29 is 0 Å². The molecule has 1 aromatic heterocycles. The molecule has 0 atom stereocenters. The largest absolute Gasteiger partial charge is 0.342 e. The van der Waals surface area contributed by atoms with Gasteiger partial charge in [0.2, 0.25) is 0 Å². The molecule has 1 heterocycles. The van der Waals surface area contributed by atoms with Gasteiger partial charge in [-0.05, 0) is 40.6 Å². The van der Waals surface area contributed by atoms with E-state index in [1.54, 1.807) is 0 Å². The first-order chi connectivity index (χ1) is 10.3. The van der Waals surface area contributed by atoms with E-state index < -0.39 is 0 Å². The molecule has 0 spiro atoms. The molecular weight excluding hydrogens is 280 g/mol. The summed E-state index contributed by atoms with van der Waals surface area (Å²) in [6.45, 7) is 0. The fourth-order valence-corrected chi connectivity index (χ4v) is 2.76. The van der Waals surface area contributed by atoms with Crippen LogP contribution in [0.1, 0.15) is 11.4 Å². The third kappa shape index (κ3) is 2.39. The lowest BCUT2D eigenvalue weighted by Gasteiger charge is -1.97. The lowest BCUT2D eigenvalue weighted by Crippen LogP contribution is -1.89. The van der Waals surface area contributed by atoms with E-state index in [1.165, 1.54) is 16.3 Å². The highest BCUT2D eigenvalue weighted by Gasteiger charge is 2.05. The summed E-state index contributed by atoms with van der Waals surface area (Å²) in [5.41, 5.74) is 3.29. The van der Waals surface area contributed by atoms with Crippen LogP contribution >= 0.6 is 11.6 Å². The van der Waals surface area contributed by atoms with E-state index in [0.717, 1.165) is 28.3 Å². The molecule has 1 N–H and O–H groups in total. The van der Waals surface area contributed by atoms with Crippen LogP contribution in [0.15, 0.2) is 60.7 Å². The predicted molar refractivity (Wildman–Crippen MR) is 87.9 cm³/mol. The summed E-state index contributed by atoms with van der Waals surface area (Å²) in [7, 11) is 0. The number of rotatable bonds is 2. The molecule has 0 radical (unpaired) electrons. The van der Waals surface area contributed by atoms with Gasteiger partial charge in [-0.3, -0.25) is 0 Å². The van der Waals surface area contributed by atoms with Crippen LogP contribution < -0.4 is 0 Å². The second-order valence-corrected chi connectivity index (χ2v) is 5.64. The van der Waals surface area contributed by atoms with Gasteiger partial charge in [0.1, 0.15) is 5.82 Å². The highest BCUT2D eigenvalue weighted by atomic mass is 35.5. The second kappa shape index (κ2) is 4.90. The number of nitrogens with zero attached hydrogens (tertiary/aromatic N) is 1. The number of hydrogen-bond donors (Lipinski definition) is 1. The maximum atomic E-state index is 5.92. The molecule has 0 unspecified atom stereocenters. The van der Waals surface area contributed by atoms with Gasteiger partial charge in [0.15, 0.2) is 0 Å². The topological polar surface area (TPSA) is 28.7 Å². The Hall–Kier alpha value is -2.32. The van der Waals surface area contributed by atoms with Crippen molar-refractivity contribution in [2.75, 3.05) is 0 Å². The molecule has 0 bridgehead atoms. The average molecular weight is 293 g/mol. The maximum absolute atomic E-state index is 5.92. The fourth-order valence-electron chi connectivity index (χ4n) is 2.63. The van der Waals surface area contributed by atoms with Gasteiger partial charge in [0.25, 0.3) is 0 Å². The minimum atomic E-state index is 0.759. The van der Waals surface area contributed by atoms with Crippen LogP contribution in [0.2, 0.25) is 5.02 Å². The first-order valence-corrected chi connectivity index (χ1v) is 7.27. The van der Waals surface area contributed by atoms with Crippen LogP contribution in [0.25, 0.3) is 21.8 Å². The second-order valence-electron chi connectivity index (χ2n) is 5.20. The van der Waals surface area contributed by atoms with Crippen molar-refractivity contribution in [2.45, 2.75) is 6.42 Å². The quantitative estimate of drug-likeness (QED) is 0.556. The van der Waals surface area contributed by atoms with Crippen molar-refractivity contribution in [3.05, 3.63) is 77.1 Å². The molecule has 0 aliphatic rings. The zero-order chi connectivity index (χ0) is 14.2. The minimum absolute atomic E-state index is 0.759. The van der Waals surface area contributed by atoms with Gasteiger partial charge in [-0.15, -0.1) is 0 Å². The Morgan fingerprint density at radius 2 is 1.62 bits per heavy atom. The highest BCUT2D eigenvalue weighted by molar-refractivity contribution is 6.30. The molecule has 0 fully saturated rings. The number of aromatic nitrogens is 2. The smallest absolute Gasteiger partial charge is 0.111 e. The van der Waals surface area contributed by atoms with E-state index in [2.05, 4.69) is 41.4 Å². The molecule has 3 heteroatoms. The lowest BCUT2D eigenvalue weighted by molar-refractivity contribution is 1.04. The van der Waals surface area contributed by atoms with Gasteiger partial charge in [-0.2, -0.15) is 0 Å². The van der Waals surface area contributed by atoms with E-state index in [-0.39, 0.29) is 0 Å². The Morgan fingerprint density at radius 3 is 2.38 bits per heavy atom. The van der Waals surface area contributed by atoms with E-state index in [0.29, 0.717) is 0 Å². The van der Waals surface area contributed by atoms with Crippen molar-refractivity contribution >= 4 is 33.4 Å². The average Bonchev–Trinajstić information content (AvgIpc) is 2.88. The molecule has 3 aromatic carbocycles. The van der Waals surface area contributed by atoms with Crippen molar-refractivity contribution in [3.8, 4) is 0 Å². The van der Waals surface area contributed by atoms with Crippen molar-refractivity contribution in [1.29, 1.82) is 0 Å². The number of halogens is 1. The molecular formula is C18H13ClN2. The standard InChI is InChI=1S/C18H13ClN2/c19-15-7-5-12(6-8-15)9-18-20-16-10-13-3-1-2-4-14(13)11-17(16)21-18/h1-8,10-11H,9H2,(H,20,21). The van der Waals surface area contributed by atoms with Crippen LogP contribution in [0, 0.1) is 0 Å². The summed E-state index contributed by atoms with van der Waals surface area (Å²) < 4.78 is 0. The predicted octanol–water partition coefficient (Wildman–Crippen LogP) is 4.96. The maximum Gasteiger partial charge on any atom is 0.111 e. The Bertz CT molecular complexity index is 870. The number of aromatic amines is 1. The zero-order valence-corrected chi connectivity index (χ0v) is 12.1. The van der Waals surface area contributed by atoms with Gasteiger partial charge in [-0.1, -0.05) is 48.0 Å². The van der Waals surface area contributed by atoms with Crippen LogP contribution in [-0.4, -0.2) is 9.97 Å². The van der Waals surface area contributed by atoms with Crippen molar-refractivity contribution in [1.82, 2.24) is 9.97 Å². The number of fused-ring (bicyclic) bond motifs is 2. The molecule has 0 aliphatic carbocycles.